The highest BCUT2D eigenvalue weighted by Crippen LogP contribution is 2.26. The molecule has 0 bridgehead atoms. The molecule has 188 valence electrons. The van der Waals surface area contributed by atoms with Crippen LogP contribution in [0.1, 0.15) is 57.2 Å². The number of aromatic nitrogens is 2. The van der Waals surface area contributed by atoms with Gasteiger partial charge in [-0.2, -0.15) is 0 Å². The highest BCUT2D eigenvalue weighted by molar-refractivity contribution is 5.94. The fourth-order valence-corrected chi connectivity index (χ4v) is 4.43. The minimum atomic E-state index is -0.542. The monoisotopic (exact) mass is 477 g/mol. The number of anilines is 1. The van der Waals surface area contributed by atoms with Crippen LogP contribution in [0.3, 0.4) is 0 Å². The van der Waals surface area contributed by atoms with Crippen LogP contribution in [-0.4, -0.2) is 53.8 Å². The first-order valence-electron chi connectivity index (χ1n) is 12.1. The van der Waals surface area contributed by atoms with Gasteiger partial charge >= 0.3 is 0 Å². The lowest BCUT2D eigenvalue weighted by atomic mass is 9.87. The second kappa shape index (κ2) is 12.4. The van der Waals surface area contributed by atoms with Crippen molar-refractivity contribution in [1.82, 2.24) is 20.2 Å². The number of amides is 1. The molecule has 1 aliphatic carbocycles. The van der Waals surface area contributed by atoms with E-state index >= 15 is 0 Å². The van der Waals surface area contributed by atoms with E-state index < -0.39 is 17.7 Å². The number of imidazole rings is 1. The number of hydrogen-bond acceptors (Lipinski definition) is 5. The van der Waals surface area contributed by atoms with E-state index in [1.54, 1.807) is 13.4 Å². The summed E-state index contributed by atoms with van der Waals surface area (Å²) >= 11 is 0. The lowest BCUT2D eigenvalue weighted by Crippen LogP contribution is -2.48. The average molecular weight is 478 g/mol. The molecule has 1 aromatic heterocycles. The first-order valence-corrected chi connectivity index (χ1v) is 12.1. The van der Waals surface area contributed by atoms with E-state index in [1.165, 1.54) is 6.07 Å². The van der Waals surface area contributed by atoms with Crippen LogP contribution in [0, 0.1) is 11.6 Å². The molecule has 9 heteroatoms. The van der Waals surface area contributed by atoms with Crippen molar-refractivity contribution in [3.63, 3.8) is 0 Å². The van der Waals surface area contributed by atoms with Crippen LogP contribution in [0.2, 0.25) is 0 Å². The molecule has 1 unspecified atom stereocenters. The van der Waals surface area contributed by atoms with Crippen LogP contribution < -0.4 is 16.0 Å². The van der Waals surface area contributed by atoms with Crippen LogP contribution in [0.4, 0.5) is 14.6 Å². The summed E-state index contributed by atoms with van der Waals surface area (Å²) in [5.41, 5.74) is 1.26. The third-order valence-corrected chi connectivity index (χ3v) is 6.34. The molecule has 1 aromatic carbocycles. The molecule has 1 heterocycles. The van der Waals surface area contributed by atoms with Crippen molar-refractivity contribution >= 4 is 11.7 Å². The number of hydrogen-bond donors (Lipinski definition) is 3. The molecule has 0 radical (unpaired) electrons. The van der Waals surface area contributed by atoms with Gasteiger partial charge in [-0.15, -0.1) is 0 Å². The summed E-state index contributed by atoms with van der Waals surface area (Å²) < 4.78 is 34.9. The van der Waals surface area contributed by atoms with Gasteiger partial charge in [0.1, 0.15) is 11.6 Å². The minimum absolute atomic E-state index is 0.0486. The van der Waals surface area contributed by atoms with E-state index in [9.17, 15) is 13.6 Å². The number of rotatable bonds is 12. The first-order chi connectivity index (χ1) is 16.3. The normalized spacial score (nSPS) is 18.2. The van der Waals surface area contributed by atoms with Crippen molar-refractivity contribution in [2.24, 2.45) is 0 Å². The summed E-state index contributed by atoms with van der Waals surface area (Å²) in [6.45, 7) is 7.55. The zero-order valence-corrected chi connectivity index (χ0v) is 20.5. The summed E-state index contributed by atoms with van der Waals surface area (Å²) in [5, 5.41) is 9.73. The molecule has 1 aliphatic rings. The van der Waals surface area contributed by atoms with Crippen molar-refractivity contribution in [3.8, 4) is 0 Å². The maximum absolute atomic E-state index is 14.3. The van der Waals surface area contributed by atoms with E-state index in [4.69, 9.17) is 4.74 Å². The number of aryl methyl sites for hydroxylation is 1. The molecule has 4 atom stereocenters. The Morgan fingerprint density at radius 2 is 2.12 bits per heavy atom. The third kappa shape index (κ3) is 7.07. The van der Waals surface area contributed by atoms with Gasteiger partial charge in [0.15, 0.2) is 5.82 Å². The summed E-state index contributed by atoms with van der Waals surface area (Å²) in [6, 6.07) is 2.28. The van der Waals surface area contributed by atoms with E-state index in [0.29, 0.717) is 37.3 Å². The van der Waals surface area contributed by atoms with Gasteiger partial charge in [0.05, 0.1) is 19.0 Å². The Bertz CT molecular complexity index is 951. The fourth-order valence-electron chi connectivity index (χ4n) is 4.43. The third-order valence-electron chi connectivity index (χ3n) is 6.34. The number of carbonyl (C=O) groups excluding carboxylic acids is 1. The lowest BCUT2D eigenvalue weighted by molar-refractivity contribution is -0.118. The zero-order valence-electron chi connectivity index (χ0n) is 20.5. The summed E-state index contributed by atoms with van der Waals surface area (Å²) in [6.07, 6.45) is 6.77. The number of methoxy groups -OCH3 is 1. The Hall–Kier alpha value is -2.36. The van der Waals surface area contributed by atoms with Gasteiger partial charge in [0, 0.05) is 44.0 Å². The largest absolute Gasteiger partial charge is 0.383 e. The van der Waals surface area contributed by atoms with E-state index in [0.717, 1.165) is 31.0 Å². The van der Waals surface area contributed by atoms with Crippen LogP contribution in [0.15, 0.2) is 24.7 Å². The van der Waals surface area contributed by atoms with Gasteiger partial charge in [-0.3, -0.25) is 4.79 Å². The summed E-state index contributed by atoms with van der Waals surface area (Å²) in [7, 11) is 1.68. The van der Waals surface area contributed by atoms with Crippen molar-refractivity contribution in [3.05, 3.63) is 47.4 Å². The molecule has 0 saturated carbocycles. The maximum atomic E-state index is 14.3. The Kier molecular flexibility index (Phi) is 9.55. The Morgan fingerprint density at radius 1 is 1.32 bits per heavy atom. The number of halogens is 2. The smallest absolute Gasteiger partial charge is 0.242 e. The molecule has 0 saturated heterocycles. The molecule has 0 fully saturated rings. The molecule has 34 heavy (non-hydrogen) atoms. The van der Waals surface area contributed by atoms with Gasteiger partial charge < -0.3 is 25.3 Å². The molecule has 1 amide bonds. The second-order valence-electron chi connectivity index (χ2n) is 9.28. The number of fused-ring (bicyclic) bond motifs is 1. The van der Waals surface area contributed by atoms with Crippen molar-refractivity contribution < 1.29 is 18.3 Å². The van der Waals surface area contributed by atoms with Gasteiger partial charge in [-0.05, 0) is 56.7 Å². The highest BCUT2D eigenvalue weighted by atomic mass is 19.1. The number of nitrogens with zero attached hydrogens (tertiary/aromatic N) is 2. The summed E-state index contributed by atoms with van der Waals surface area (Å²) in [5.74, 6) is -0.708. The number of benzene rings is 1. The van der Waals surface area contributed by atoms with Crippen LogP contribution in [-0.2, 0) is 22.4 Å². The Labute approximate surface area is 200 Å². The van der Waals surface area contributed by atoms with Crippen LogP contribution in [0.5, 0.6) is 0 Å². The minimum Gasteiger partial charge on any atom is -0.383 e. The predicted octanol–water partition coefficient (Wildman–Crippen LogP) is 3.60. The Balaban J connectivity index is 1.57. The molecule has 0 aliphatic heterocycles. The van der Waals surface area contributed by atoms with Crippen molar-refractivity contribution in [2.75, 3.05) is 25.6 Å². The predicted molar refractivity (Wildman–Crippen MR) is 129 cm³/mol. The molecule has 3 N–H and O–H groups in total. The quantitative estimate of drug-likeness (QED) is 0.435. The molecule has 3 rings (SSSR count). The van der Waals surface area contributed by atoms with Gasteiger partial charge in [0.2, 0.25) is 5.91 Å². The number of nitrogens with one attached hydrogen (secondary N) is 3. The number of carbonyl (C=O) groups is 1. The topological polar surface area (TPSA) is 80.2 Å². The van der Waals surface area contributed by atoms with Crippen molar-refractivity contribution in [2.45, 2.75) is 77.0 Å². The van der Waals surface area contributed by atoms with Crippen molar-refractivity contribution in [1.29, 1.82) is 0 Å². The Morgan fingerprint density at radius 3 is 2.85 bits per heavy atom. The SMILES string of the molecule is CCC[C@H](N[C@H]1CCc2cc(F)cc(F)c2C1)C(=O)Nc1cn([C@@H](C)CNC(C)COC)cn1. The van der Waals surface area contributed by atoms with Gasteiger partial charge in [0.25, 0.3) is 0 Å². The second-order valence-corrected chi connectivity index (χ2v) is 9.28. The molecular weight excluding hydrogens is 440 g/mol. The highest BCUT2D eigenvalue weighted by Gasteiger charge is 2.27. The van der Waals surface area contributed by atoms with Gasteiger partial charge in [-0.25, -0.2) is 13.8 Å². The van der Waals surface area contributed by atoms with Gasteiger partial charge in [-0.1, -0.05) is 13.3 Å². The van der Waals surface area contributed by atoms with E-state index in [1.807, 2.05) is 17.7 Å². The fraction of sp³-hybridized carbons (Fsp3) is 0.600. The average Bonchev–Trinajstić information content (AvgIpc) is 3.26. The van der Waals surface area contributed by atoms with Crippen LogP contribution in [0.25, 0.3) is 0 Å². The summed E-state index contributed by atoms with van der Waals surface area (Å²) in [4.78, 5) is 17.4. The van der Waals surface area contributed by atoms with E-state index in [2.05, 4.69) is 34.8 Å². The molecular formula is C25H37F2N5O2. The lowest BCUT2D eigenvalue weighted by Gasteiger charge is -2.29. The first kappa shape index (κ1) is 26.2. The molecule has 7 nitrogen and oxygen atoms in total. The maximum Gasteiger partial charge on any atom is 0.242 e. The number of ether oxygens (including phenoxy) is 1. The standard InChI is InChI=1S/C25H37F2N5O2/c1-5-6-23(30-20-8-7-18-9-19(26)10-22(27)21(18)11-20)25(33)31-24-13-32(15-29-24)17(3)12-28-16(2)14-34-4/h9-10,13,15-17,20,23,28,30H,5-8,11-12,14H2,1-4H3,(H,31,33)/t16?,17-,20-,23-/m0/s1. The molecule has 0 spiro atoms. The van der Waals surface area contributed by atoms with E-state index in [-0.39, 0.29) is 24.0 Å². The molecule has 2 aromatic rings. The van der Waals surface area contributed by atoms with Crippen LogP contribution >= 0.6 is 0 Å². The zero-order chi connectivity index (χ0) is 24.7.